The van der Waals surface area contributed by atoms with Crippen molar-refractivity contribution in [3.63, 3.8) is 0 Å². The molecule has 0 atom stereocenters. The number of hydrogen-bond donors (Lipinski definition) is 1. The molecule has 0 saturated carbocycles. The second-order valence-corrected chi connectivity index (χ2v) is 6.63. The lowest BCUT2D eigenvalue weighted by Gasteiger charge is -2.19. The van der Waals surface area contributed by atoms with Gasteiger partial charge in [-0.05, 0) is 18.2 Å². The highest BCUT2D eigenvalue weighted by molar-refractivity contribution is 8.00. The third-order valence-corrected chi connectivity index (χ3v) is 3.05. The SMILES string of the molecule is CC(C)(C)Sc1ccc(C(=O)O)c(C(F)(F)F)c1. The van der Waals surface area contributed by atoms with E-state index in [1.165, 1.54) is 17.8 Å². The predicted octanol–water partition coefficient (Wildman–Crippen LogP) is 4.29. The molecular weight excluding hydrogens is 265 g/mol. The number of alkyl halides is 3. The summed E-state index contributed by atoms with van der Waals surface area (Å²) in [7, 11) is 0. The molecule has 0 aromatic heterocycles. The number of benzene rings is 1. The van der Waals surface area contributed by atoms with Crippen LogP contribution in [0.1, 0.15) is 36.7 Å². The highest BCUT2D eigenvalue weighted by Crippen LogP contribution is 2.38. The number of carboxylic acids is 1. The third kappa shape index (κ3) is 3.94. The summed E-state index contributed by atoms with van der Waals surface area (Å²) in [6, 6.07) is 3.28. The van der Waals surface area contributed by atoms with Gasteiger partial charge in [-0.3, -0.25) is 0 Å². The minimum Gasteiger partial charge on any atom is -0.478 e. The van der Waals surface area contributed by atoms with Crippen LogP contribution in [-0.4, -0.2) is 15.8 Å². The molecule has 0 bridgehead atoms. The molecule has 0 unspecified atom stereocenters. The van der Waals surface area contributed by atoms with Crippen molar-refractivity contribution >= 4 is 17.7 Å². The molecule has 1 rings (SSSR count). The first-order valence-corrected chi connectivity index (χ1v) is 5.96. The van der Waals surface area contributed by atoms with Crippen molar-refractivity contribution in [2.24, 2.45) is 0 Å². The van der Waals surface area contributed by atoms with Crippen LogP contribution in [0.2, 0.25) is 0 Å². The topological polar surface area (TPSA) is 37.3 Å². The van der Waals surface area contributed by atoms with Gasteiger partial charge in [0.25, 0.3) is 0 Å². The smallest absolute Gasteiger partial charge is 0.417 e. The minimum absolute atomic E-state index is 0.242. The van der Waals surface area contributed by atoms with Crippen LogP contribution in [0.3, 0.4) is 0 Å². The Morgan fingerprint density at radius 2 is 1.78 bits per heavy atom. The lowest BCUT2D eigenvalue weighted by atomic mass is 10.1. The van der Waals surface area contributed by atoms with Crippen molar-refractivity contribution in [2.75, 3.05) is 0 Å². The van der Waals surface area contributed by atoms with Crippen molar-refractivity contribution in [1.29, 1.82) is 0 Å². The molecule has 2 nitrogen and oxygen atoms in total. The molecular formula is C12H13F3O2S. The highest BCUT2D eigenvalue weighted by Gasteiger charge is 2.35. The highest BCUT2D eigenvalue weighted by atomic mass is 32.2. The van der Waals surface area contributed by atoms with Crippen molar-refractivity contribution in [2.45, 2.75) is 36.6 Å². The Balaban J connectivity index is 3.27. The second kappa shape index (κ2) is 4.84. The van der Waals surface area contributed by atoms with E-state index in [9.17, 15) is 18.0 Å². The molecule has 0 aliphatic carbocycles. The van der Waals surface area contributed by atoms with Gasteiger partial charge < -0.3 is 5.11 Å². The number of carbonyl (C=O) groups is 1. The van der Waals surface area contributed by atoms with E-state index in [4.69, 9.17) is 5.11 Å². The zero-order valence-corrected chi connectivity index (χ0v) is 10.9. The molecule has 18 heavy (non-hydrogen) atoms. The third-order valence-electron chi connectivity index (χ3n) is 1.95. The number of rotatable bonds is 2. The molecule has 0 radical (unpaired) electrons. The van der Waals surface area contributed by atoms with E-state index < -0.39 is 23.3 Å². The Bertz CT molecular complexity index is 461. The van der Waals surface area contributed by atoms with Gasteiger partial charge in [0.05, 0.1) is 11.1 Å². The molecule has 0 aliphatic heterocycles. The van der Waals surface area contributed by atoms with Gasteiger partial charge in [-0.1, -0.05) is 20.8 Å². The van der Waals surface area contributed by atoms with Crippen LogP contribution in [0.25, 0.3) is 0 Å². The van der Waals surface area contributed by atoms with Gasteiger partial charge in [0.1, 0.15) is 0 Å². The first-order chi connectivity index (χ1) is 8.00. The monoisotopic (exact) mass is 278 g/mol. The number of carboxylic acid groups (broad SMARTS) is 1. The number of aromatic carboxylic acids is 1. The van der Waals surface area contributed by atoms with Crippen LogP contribution in [0.15, 0.2) is 23.1 Å². The van der Waals surface area contributed by atoms with E-state index >= 15 is 0 Å². The Kier molecular flexibility index (Phi) is 4.00. The van der Waals surface area contributed by atoms with Crippen LogP contribution in [0.4, 0.5) is 13.2 Å². The molecule has 0 fully saturated rings. The molecule has 0 amide bonds. The van der Waals surface area contributed by atoms with Crippen molar-refractivity contribution < 1.29 is 23.1 Å². The number of hydrogen-bond acceptors (Lipinski definition) is 2. The maximum absolute atomic E-state index is 12.7. The van der Waals surface area contributed by atoms with E-state index in [1.54, 1.807) is 0 Å². The molecule has 1 N–H and O–H groups in total. The molecule has 1 aromatic rings. The van der Waals surface area contributed by atoms with Gasteiger partial charge in [-0.15, -0.1) is 11.8 Å². The van der Waals surface area contributed by atoms with Crippen LogP contribution in [0.5, 0.6) is 0 Å². The maximum Gasteiger partial charge on any atom is 0.417 e. The van der Waals surface area contributed by atoms with E-state index in [1.807, 2.05) is 20.8 Å². The largest absolute Gasteiger partial charge is 0.478 e. The summed E-state index contributed by atoms with van der Waals surface area (Å²) in [4.78, 5) is 11.2. The Labute approximate surface area is 107 Å². The Morgan fingerprint density at radius 3 is 2.17 bits per heavy atom. The van der Waals surface area contributed by atoms with Crippen molar-refractivity contribution in [3.8, 4) is 0 Å². The van der Waals surface area contributed by atoms with E-state index in [2.05, 4.69) is 0 Å². The first-order valence-electron chi connectivity index (χ1n) is 5.14. The normalized spacial score (nSPS) is 12.6. The molecule has 0 heterocycles. The summed E-state index contributed by atoms with van der Waals surface area (Å²) in [5, 5.41) is 8.75. The fourth-order valence-corrected chi connectivity index (χ4v) is 2.38. The van der Waals surface area contributed by atoms with Gasteiger partial charge in [0.15, 0.2) is 0 Å². The van der Waals surface area contributed by atoms with Crippen LogP contribution >= 0.6 is 11.8 Å². The summed E-state index contributed by atoms with van der Waals surface area (Å²) in [6.45, 7) is 5.61. The average Bonchev–Trinajstić information content (AvgIpc) is 2.13. The molecule has 1 aromatic carbocycles. The van der Waals surface area contributed by atoms with Crippen LogP contribution in [-0.2, 0) is 6.18 Å². The van der Waals surface area contributed by atoms with Gasteiger partial charge in [-0.25, -0.2) is 4.79 Å². The lowest BCUT2D eigenvalue weighted by molar-refractivity contribution is -0.138. The summed E-state index contributed by atoms with van der Waals surface area (Å²) < 4.78 is 38.0. The van der Waals surface area contributed by atoms with Gasteiger partial charge in [-0.2, -0.15) is 13.2 Å². The van der Waals surface area contributed by atoms with Crippen LogP contribution in [0, 0.1) is 0 Å². The maximum atomic E-state index is 12.7. The zero-order chi connectivity index (χ0) is 14.1. The number of thioether (sulfide) groups is 1. The molecule has 0 aliphatic rings. The minimum atomic E-state index is -4.66. The number of halogens is 3. The quantitative estimate of drug-likeness (QED) is 0.820. The van der Waals surface area contributed by atoms with Crippen molar-refractivity contribution in [3.05, 3.63) is 29.3 Å². The van der Waals surface area contributed by atoms with Gasteiger partial charge >= 0.3 is 12.1 Å². The fourth-order valence-electron chi connectivity index (χ4n) is 1.36. The summed E-state index contributed by atoms with van der Waals surface area (Å²) >= 11 is 1.26. The fraction of sp³-hybridized carbons (Fsp3) is 0.417. The summed E-state index contributed by atoms with van der Waals surface area (Å²) in [5.41, 5.74) is -1.83. The Hall–Kier alpha value is -1.17. The van der Waals surface area contributed by atoms with Gasteiger partial charge in [0, 0.05) is 9.64 Å². The molecule has 100 valence electrons. The summed E-state index contributed by atoms with van der Waals surface area (Å²) in [6.07, 6.45) is -4.66. The van der Waals surface area contributed by atoms with E-state index in [-0.39, 0.29) is 4.75 Å². The molecule has 0 spiro atoms. The lowest BCUT2D eigenvalue weighted by Crippen LogP contribution is -2.14. The van der Waals surface area contributed by atoms with Gasteiger partial charge in [0.2, 0.25) is 0 Å². The predicted molar refractivity (Wildman–Crippen MR) is 64.0 cm³/mol. The summed E-state index contributed by atoms with van der Waals surface area (Å²) in [5.74, 6) is -1.57. The average molecular weight is 278 g/mol. The van der Waals surface area contributed by atoms with Crippen LogP contribution < -0.4 is 0 Å². The molecule has 6 heteroatoms. The standard InChI is InChI=1S/C12H13F3O2S/c1-11(2,3)18-7-4-5-8(10(16)17)9(6-7)12(13,14)15/h4-6H,1-3H3,(H,16,17). The van der Waals surface area contributed by atoms with E-state index in [0.29, 0.717) is 4.90 Å². The zero-order valence-electron chi connectivity index (χ0n) is 10.1. The molecule has 0 saturated heterocycles. The Morgan fingerprint density at radius 1 is 1.22 bits per heavy atom. The first kappa shape index (κ1) is 14.9. The van der Waals surface area contributed by atoms with E-state index in [0.717, 1.165) is 12.1 Å². The van der Waals surface area contributed by atoms with Crippen molar-refractivity contribution in [1.82, 2.24) is 0 Å². The second-order valence-electron chi connectivity index (χ2n) is 4.72.